The molecule has 1 rings (SSSR count). The zero-order chi connectivity index (χ0) is 10.6. The molecule has 1 aromatic carbocycles. The van der Waals surface area contributed by atoms with E-state index >= 15 is 0 Å². The van der Waals surface area contributed by atoms with Crippen LogP contribution in [0.5, 0.6) is 11.5 Å². The fourth-order valence-electron chi connectivity index (χ4n) is 1.41. The Morgan fingerprint density at radius 3 is 2.57 bits per heavy atom. The third kappa shape index (κ3) is 2.39. The first kappa shape index (κ1) is 10.9. The molecular formula is C11H17NO2. The number of phenols is 2. The molecule has 14 heavy (non-hydrogen) atoms. The molecular weight excluding hydrogens is 178 g/mol. The Morgan fingerprint density at radius 2 is 1.93 bits per heavy atom. The van der Waals surface area contributed by atoms with Gasteiger partial charge >= 0.3 is 0 Å². The highest BCUT2D eigenvalue weighted by Gasteiger charge is 2.07. The second-order valence-electron chi connectivity index (χ2n) is 3.46. The predicted molar refractivity (Wildman–Crippen MR) is 56.5 cm³/mol. The van der Waals surface area contributed by atoms with Crippen LogP contribution in [0.15, 0.2) is 12.1 Å². The van der Waals surface area contributed by atoms with E-state index in [1.165, 1.54) is 0 Å². The first-order valence-electron chi connectivity index (χ1n) is 4.87. The van der Waals surface area contributed by atoms with Crippen LogP contribution in [-0.4, -0.2) is 16.8 Å². The van der Waals surface area contributed by atoms with Gasteiger partial charge in [0.25, 0.3) is 0 Å². The van der Waals surface area contributed by atoms with Gasteiger partial charge in [0.15, 0.2) is 0 Å². The minimum absolute atomic E-state index is 0.144. The van der Waals surface area contributed by atoms with E-state index in [1.54, 1.807) is 19.1 Å². The Balaban J connectivity index is 2.73. The van der Waals surface area contributed by atoms with Crippen LogP contribution in [0.3, 0.4) is 0 Å². The van der Waals surface area contributed by atoms with Gasteiger partial charge in [-0.25, -0.2) is 0 Å². The number of rotatable bonds is 4. The second kappa shape index (κ2) is 4.86. The molecule has 0 aliphatic rings. The van der Waals surface area contributed by atoms with E-state index < -0.39 is 0 Å². The van der Waals surface area contributed by atoms with Gasteiger partial charge in [-0.3, -0.25) is 0 Å². The normalized spacial score (nSPS) is 10.4. The molecule has 0 aromatic heterocycles. The lowest BCUT2D eigenvalue weighted by Crippen LogP contribution is -1.99. The summed E-state index contributed by atoms with van der Waals surface area (Å²) in [4.78, 5) is 0. The van der Waals surface area contributed by atoms with Gasteiger partial charge in [0, 0.05) is 5.56 Å². The van der Waals surface area contributed by atoms with E-state index in [9.17, 15) is 10.2 Å². The molecule has 78 valence electrons. The van der Waals surface area contributed by atoms with Crippen molar-refractivity contribution in [2.45, 2.75) is 26.2 Å². The lowest BCUT2D eigenvalue weighted by Gasteiger charge is -2.08. The number of phenolic OH excluding ortho intramolecular Hbond substituents is 2. The molecule has 0 aliphatic carbocycles. The summed E-state index contributed by atoms with van der Waals surface area (Å²) in [5.74, 6) is 0.354. The first-order chi connectivity index (χ1) is 6.66. The van der Waals surface area contributed by atoms with Gasteiger partial charge in [-0.1, -0.05) is 6.07 Å². The Bertz CT molecular complexity index is 310. The summed E-state index contributed by atoms with van der Waals surface area (Å²) in [5, 5.41) is 19.0. The van der Waals surface area contributed by atoms with Gasteiger partial charge in [0.05, 0.1) is 0 Å². The van der Waals surface area contributed by atoms with Crippen molar-refractivity contribution >= 4 is 0 Å². The summed E-state index contributed by atoms with van der Waals surface area (Å²) < 4.78 is 0. The number of aryl methyl sites for hydroxylation is 1. The summed E-state index contributed by atoms with van der Waals surface area (Å²) >= 11 is 0. The molecule has 0 atom stereocenters. The van der Waals surface area contributed by atoms with Gasteiger partial charge in [-0.2, -0.15) is 0 Å². The highest BCUT2D eigenvalue weighted by atomic mass is 16.3. The van der Waals surface area contributed by atoms with Crippen LogP contribution < -0.4 is 5.73 Å². The average molecular weight is 195 g/mol. The maximum Gasteiger partial charge on any atom is 0.125 e. The molecule has 0 saturated heterocycles. The minimum Gasteiger partial charge on any atom is -0.508 e. The minimum atomic E-state index is 0.144. The third-order valence-electron chi connectivity index (χ3n) is 2.39. The van der Waals surface area contributed by atoms with Crippen molar-refractivity contribution in [2.75, 3.05) is 6.54 Å². The van der Waals surface area contributed by atoms with Crippen molar-refractivity contribution in [2.24, 2.45) is 5.73 Å². The van der Waals surface area contributed by atoms with Crippen LogP contribution in [0.1, 0.15) is 24.0 Å². The van der Waals surface area contributed by atoms with Crippen LogP contribution >= 0.6 is 0 Å². The number of hydrogen-bond acceptors (Lipinski definition) is 3. The molecule has 3 nitrogen and oxygen atoms in total. The maximum absolute atomic E-state index is 9.69. The Morgan fingerprint density at radius 1 is 1.21 bits per heavy atom. The van der Waals surface area contributed by atoms with Gasteiger partial charge in [0.1, 0.15) is 11.5 Å². The molecule has 0 bridgehead atoms. The number of nitrogens with two attached hydrogens (primary N) is 1. The highest BCUT2D eigenvalue weighted by molar-refractivity contribution is 5.47. The van der Waals surface area contributed by atoms with Crippen LogP contribution in [0, 0.1) is 6.92 Å². The number of hydrogen-bond donors (Lipinski definition) is 3. The molecule has 0 radical (unpaired) electrons. The van der Waals surface area contributed by atoms with Crippen molar-refractivity contribution in [1.29, 1.82) is 0 Å². The number of unbranched alkanes of at least 4 members (excludes halogenated alkanes) is 1. The smallest absolute Gasteiger partial charge is 0.125 e. The summed E-state index contributed by atoms with van der Waals surface area (Å²) in [6.45, 7) is 2.38. The monoisotopic (exact) mass is 195 g/mol. The van der Waals surface area contributed by atoms with Gasteiger partial charge in [0.2, 0.25) is 0 Å². The van der Waals surface area contributed by atoms with Crippen molar-refractivity contribution in [3.63, 3.8) is 0 Å². The molecule has 0 saturated carbocycles. The molecule has 4 N–H and O–H groups in total. The predicted octanol–water partition coefficient (Wildman–Crippen LogP) is 1.69. The van der Waals surface area contributed by atoms with Gasteiger partial charge < -0.3 is 15.9 Å². The highest BCUT2D eigenvalue weighted by Crippen LogP contribution is 2.30. The van der Waals surface area contributed by atoms with E-state index in [1.807, 2.05) is 0 Å². The van der Waals surface area contributed by atoms with E-state index in [0.717, 1.165) is 24.8 Å². The quantitative estimate of drug-likeness (QED) is 0.640. The Labute approximate surface area is 84.2 Å². The van der Waals surface area contributed by atoms with Crippen LogP contribution in [0.2, 0.25) is 0 Å². The van der Waals surface area contributed by atoms with E-state index in [0.29, 0.717) is 12.1 Å². The number of benzene rings is 1. The van der Waals surface area contributed by atoms with Crippen LogP contribution in [0.25, 0.3) is 0 Å². The average Bonchev–Trinajstić information content (AvgIpc) is 2.18. The Hall–Kier alpha value is -1.22. The Kier molecular flexibility index (Phi) is 3.77. The molecule has 0 fully saturated rings. The van der Waals surface area contributed by atoms with Crippen LogP contribution in [0.4, 0.5) is 0 Å². The van der Waals surface area contributed by atoms with Gasteiger partial charge in [-0.15, -0.1) is 0 Å². The SMILES string of the molecule is Cc1c(O)ccc(CCCCN)c1O. The van der Waals surface area contributed by atoms with Crippen molar-refractivity contribution in [1.82, 2.24) is 0 Å². The number of aromatic hydroxyl groups is 2. The molecule has 3 heteroatoms. The maximum atomic E-state index is 9.69. The van der Waals surface area contributed by atoms with Crippen molar-refractivity contribution in [3.05, 3.63) is 23.3 Å². The zero-order valence-corrected chi connectivity index (χ0v) is 8.45. The van der Waals surface area contributed by atoms with E-state index in [4.69, 9.17) is 5.73 Å². The van der Waals surface area contributed by atoms with Crippen LogP contribution in [-0.2, 0) is 6.42 Å². The standard InChI is InChI=1S/C11H17NO2/c1-8-10(13)6-5-9(11(8)14)4-2-3-7-12/h5-6,13-14H,2-4,7,12H2,1H3. The third-order valence-corrected chi connectivity index (χ3v) is 2.39. The summed E-state index contributed by atoms with van der Waals surface area (Å²) in [7, 11) is 0. The first-order valence-corrected chi connectivity index (χ1v) is 4.87. The fourth-order valence-corrected chi connectivity index (χ4v) is 1.41. The zero-order valence-electron chi connectivity index (χ0n) is 8.45. The molecule has 0 unspecified atom stereocenters. The van der Waals surface area contributed by atoms with Crippen molar-refractivity contribution in [3.8, 4) is 11.5 Å². The summed E-state index contributed by atoms with van der Waals surface area (Å²) in [6, 6.07) is 3.38. The molecule has 1 aromatic rings. The molecule has 0 amide bonds. The topological polar surface area (TPSA) is 66.5 Å². The molecule has 0 heterocycles. The molecule has 0 aliphatic heterocycles. The largest absolute Gasteiger partial charge is 0.508 e. The van der Waals surface area contributed by atoms with Gasteiger partial charge in [-0.05, 0) is 44.4 Å². The summed E-state index contributed by atoms with van der Waals surface area (Å²) in [6.07, 6.45) is 2.73. The van der Waals surface area contributed by atoms with E-state index in [2.05, 4.69) is 0 Å². The van der Waals surface area contributed by atoms with E-state index in [-0.39, 0.29) is 11.5 Å². The summed E-state index contributed by atoms with van der Waals surface area (Å²) in [5.41, 5.74) is 6.82. The second-order valence-corrected chi connectivity index (χ2v) is 3.46. The lowest BCUT2D eigenvalue weighted by molar-refractivity contribution is 0.438. The lowest BCUT2D eigenvalue weighted by atomic mass is 10.0. The fraction of sp³-hybridized carbons (Fsp3) is 0.455. The molecule has 0 spiro atoms. The van der Waals surface area contributed by atoms with Crippen molar-refractivity contribution < 1.29 is 10.2 Å².